The number of amides is 2. The fourth-order valence-corrected chi connectivity index (χ4v) is 3.12. The number of carbonyl (C=O) groups is 2. The lowest BCUT2D eigenvalue weighted by atomic mass is 10.2. The first-order chi connectivity index (χ1) is 12.4. The van der Waals surface area contributed by atoms with Crippen LogP contribution in [-0.4, -0.2) is 25.5 Å². The van der Waals surface area contributed by atoms with Crippen molar-refractivity contribution in [3.05, 3.63) is 58.1 Å². The number of ether oxygens (including phenoxy) is 1. The summed E-state index contributed by atoms with van der Waals surface area (Å²) >= 11 is 12.3. The van der Waals surface area contributed by atoms with Gasteiger partial charge in [-0.3, -0.25) is 9.59 Å². The summed E-state index contributed by atoms with van der Waals surface area (Å²) in [7, 11) is 1.58. The van der Waals surface area contributed by atoms with Crippen LogP contribution in [0, 0.1) is 0 Å². The number of carbonyl (C=O) groups excluding carboxylic acids is 2. The Kier molecular flexibility index (Phi) is 7.30. The average molecular weight is 395 g/mol. The molecule has 26 heavy (non-hydrogen) atoms. The van der Waals surface area contributed by atoms with Crippen molar-refractivity contribution in [3.63, 3.8) is 0 Å². The van der Waals surface area contributed by atoms with Gasteiger partial charge >= 0.3 is 0 Å². The van der Waals surface area contributed by atoms with Crippen molar-refractivity contribution in [1.82, 2.24) is 5.32 Å². The van der Waals surface area contributed by atoms with E-state index in [4.69, 9.17) is 27.9 Å². The molecule has 2 aromatic carbocycles. The third-order valence-electron chi connectivity index (χ3n) is 3.82. The molecule has 0 heterocycles. The highest BCUT2D eigenvalue weighted by Crippen LogP contribution is 2.33. The van der Waals surface area contributed by atoms with Crippen LogP contribution in [0.3, 0.4) is 0 Å². The van der Waals surface area contributed by atoms with E-state index in [1.54, 1.807) is 25.3 Å². The van der Waals surface area contributed by atoms with Gasteiger partial charge in [-0.15, -0.1) is 0 Å². The fourth-order valence-electron chi connectivity index (χ4n) is 2.52. The molecule has 0 aliphatic rings. The SMILES string of the molecule is COc1ccccc1CNC(=O)CCN(C(C)=O)c1c(Cl)cccc1Cl. The highest BCUT2D eigenvalue weighted by molar-refractivity contribution is 6.39. The first-order valence-corrected chi connectivity index (χ1v) is 8.80. The number of hydrogen-bond acceptors (Lipinski definition) is 3. The topological polar surface area (TPSA) is 58.6 Å². The van der Waals surface area contributed by atoms with E-state index in [1.807, 2.05) is 24.3 Å². The molecule has 0 saturated carbocycles. The Morgan fingerprint density at radius 2 is 1.73 bits per heavy atom. The predicted molar refractivity (Wildman–Crippen MR) is 104 cm³/mol. The summed E-state index contributed by atoms with van der Waals surface area (Å²) in [5.41, 5.74) is 1.29. The van der Waals surface area contributed by atoms with E-state index in [-0.39, 0.29) is 24.8 Å². The number of rotatable bonds is 7. The minimum Gasteiger partial charge on any atom is -0.496 e. The summed E-state index contributed by atoms with van der Waals surface area (Å²) in [4.78, 5) is 25.6. The van der Waals surface area contributed by atoms with Crippen molar-refractivity contribution in [2.45, 2.75) is 19.9 Å². The van der Waals surface area contributed by atoms with Gasteiger partial charge < -0.3 is 15.0 Å². The van der Waals surface area contributed by atoms with Crippen molar-refractivity contribution in [2.24, 2.45) is 0 Å². The molecule has 2 rings (SSSR count). The lowest BCUT2D eigenvalue weighted by Gasteiger charge is -2.23. The largest absolute Gasteiger partial charge is 0.496 e. The van der Waals surface area contributed by atoms with Crippen molar-refractivity contribution >= 4 is 40.7 Å². The second-order valence-corrected chi connectivity index (χ2v) is 6.39. The van der Waals surface area contributed by atoms with E-state index in [0.29, 0.717) is 28.0 Å². The van der Waals surface area contributed by atoms with Crippen LogP contribution < -0.4 is 15.0 Å². The van der Waals surface area contributed by atoms with Crippen LogP contribution in [0.25, 0.3) is 0 Å². The van der Waals surface area contributed by atoms with Gasteiger partial charge in [0.15, 0.2) is 0 Å². The Bertz CT molecular complexity index is 776. The van der Waals surface area contributed by atoms with Gasteiger partial charge in [0.25, 0.3) is 0 Å². The second kappa shape index (κ2) is 9.46. The van der Waals surface area contributed by atoms with Crippen molar-refractivity contribution in [2.75, 3.05) is 18.6 Å². The van der Waals surface area contributed by atoms with E-state index >= 15 is 0 Å². The third kappa shape index (κ3) is 5.13. The number of halogens is 2. The molecule has 0 atom stereocenters. The second-order valence-electron chi connectivity index (χ2n) is 5.58. The van der Waals surface area contributed by atoms with Gasteiger partial charge in [0.1, 0.15) is 5.75 Å². The zero-order valence-corrected chi connectivity index (χ0v) is 16.1. The molecular weight excluding hydrogens is 375 g/mol. The smallest absolute Gasteiger partial charge is 0.223 e. The summed E-state index contributed by atoms with van der Waals surface area (Å²) in [5.74, 6) is 0.281. The summed E-state index contributed by atoms with van der Waals surface area (Å²) < 4.78 is 5.26. The summed E-state index contributed by atoms with van der Waals surface area (Å²) in [6.45, 7) is 1.93. The van der Waals surface area contributed by atoms with Gasteiger partial charge in [-0.2, -0.15) is 0 Å². The molecule has 2 amide bonds. The summed E-state index contributed by atoms with van der Waals surface area (Å²) in [6, 6.07) is 12.5. The molecule has 2 aromatic rings. The van der Waals surface area contributed by atoms with Crippen molar-refractivity contribution in [1.29, 1.82) is 0 Å². The Labute approximate surface area is 162 Å². The third-order valence-corrected chi connectivity index (χ3v) is 4.43. The number of hydrogen-bond donors (Lipinski definition) is 1. The molecule has 0 bridgehead atoms. The Hall–Kier alpha value is -2.24. The predicted octanol–water partition coefficient (Wildman–Crippen LogP) is 4.06. The normalized spacial score (nSPS) is 10.3. The maximum Gasteiger partial charge on any atom is 0.223 e. The van der Waals surface area contributed by atoms with Crippen LogP contribution in [0.5, 0.6) is 5.75 Å². The van der Waals surface area contributed by atoms with Crippen molar-refractivity contribution in [3.8, 4) is 5.75 Å². The van der Waals surface area contributed by atoms with Crippen molar-refractivity contribution < 1.29 is 14.3 Å². The molecular formula is C19H20Cl2N2O3. The molecule has 138 valence electrons. The number of methoxy groups -OCH3 is 1. The first kappa shape index (κ1) is 20.1. The van der Waals surface area contributed by atoms with E-state index in [0.717, 1.165) is 5.56 Å². The van der Waals surface area contributed by atoms with Crippen LogP contribution in [0.15, 0.2) is 42.5 Å². The molecule has 0 fully saturated rings. The first-order valence-electron chi connectivity index (χ1n) is 8.04. The monoisotopic (exact) mass is 394 g/mol. The molecule has 1 N–H and O–H groups in total. The summed E-state index contributed by atoms with van der Waals surface area (Å²) in [5, 5.41) is 3.55. The minimum atomic E-state index is -0.238. The maximum atomic E-state index is 12.2. The molecule has 5 nitrogen and oxygen atoms in total. The Morgan fingerprint density at radius 3 is 2.35 bits per heavy atom. The number of anilines is 1. The minimum absolute atomic E-state index is 0.121. The van der Waals surface area contributed by atoms with Crippen LogP contribution in [0.1, 0.15) is 18.9 Å². The Morgan fingerprint density at radius 1 is 1.08 bits per heavy atom. The molecule has 0 saturated heterocycles. The van der Waals surface area contributed by atoms with Crippen LogP contribution in [0.2, 0.25) is 10.0 Å². The van der Waals surface area contributed by atoms with E-state index < -0.39 is 0 Å². The molecule has 0 aliphatic heterocycles. The zero-order chi connectivity index (χ0) is 19.1. The number of benzene rings is 2. The van der Waals surface area contributed by atoms with Gasteiger partial charge in [0.2, 0.25) is 11.8 Å². The van der Waals surface area contributed by atoms with Gasteiger partial charge in [-0.1, -0.05) is 47.5 Å². The summed E-state index contributed by atoms with van der Waals surface area (Å²) in [6.07, 6.45) is 0.121. The van der Waals surface area contributed by atoms with Gasteiger partial charge in [0, 0.05) is 32.0 Å². The molecule has 0 unspecified atom stereocenters. The van der Waals surface area contributed by atoms with Gasteiger partial charge in [-0.05, 0) is 18.2 Å². The lowest BCUT2D eigenvalue weighted by molar-refractivity contribution is -0.121. The van der Waals surface area contributed by atoms with E-state index in [9.17, 15) is 9.59 Å². The quantitative estimate of drug-likeness (QED) is 0.769. The van der Waals surface area contributed by atoms with Crippen LogP contribution in [-0.2, 0) is 16.1 Å². The lowest BCUT2D eigenvalue weighted by Crippen LogP contribution is -2.34. The van der Waals surface area contributed by atoms with E-state index in [1.165, 1.54) is 11.8 Å². The fraction of sp³-hybridized carbons (Fsp3) is 0.263. The number of para-hydroxylation sites is 2. The van der Waals surface area contributed by atoms with E-state index in [2.05, 4.69) is 5.32 Å². The number of nitrogens with zero attached hydrogens (tertiary/aromatic N) is 1. The molecule has 0 aliphatic carbocycles. The highest BCUT2D eigenvalue weighted by atomic mass is 35.5. The molecule has 0 spiro atoms. The highest BCUT2D eigenvalue weighted by Gasteiger charge is 2.19. The Balaban J connectivity index is 1.99. The number of nitrogens with one attached hydrogen (secondary N) is 1. The molecule has 7 heteroatoms. The standard InChI is InChI=1S/C19H20Cl2N2O3/c1-13(24)23(19-15(20)7-5-8-16(19)21)11-10-18(25)22-12-14-6-3-4-9-17(14)26-2/h3-9H,10-12H2,1-2H3,(H,22,25). The average Bonchev–Trinajstić information content (AvgIpc) is 2.62. The zero-order valence-electron chi connectivity index (χ0n) is 14.6. The maximum absolute atomic E-state index is 12.2. The molecule has 0 radical (unpaired) electrons. The van der Waals surface area contributed by atoms with Gasteiger partial charge in [0.05, 0.1) is 22.8 Å². The van der Waals surface area contributed by atoms with Gasteiger partial charge in [-0.25, -0.2) is 0 Å². The van der Waals surface area contributed by atoms with Crippen LogP contribution in [0.4, 0.5) is 5.69 Å². The van der Waals surface area contributed by atoms with Crippen LogP contribution >= 0.6 is 23.2 Å². The molecule has 0 aromatic heterocycles.